The second kappa shape index (κ2) is 5.27. The molecule has 1 aliphatic heterocycles. The van der Waals surface area contributed by atoms with Gasteiger partial charge in [-0.15, -0.1) is 0 Å². The van der Waals surface area contributed by atoms with Crippen molar-refractivity contribution in [3.63, 3.8) is 0 Å². The third-order valence-electron chi connectivity index (χ3n) is 3.18. The normalized spacial score (nSPS) is 22.4. The predicted molar refractivity (Wildman–Crippen MR) is 64.0 cm³/mol. The zero-order chi connectivity index (χ0) is 14.9. The number of nitriles is 1. The Bertz CT molecular complexity index is 611. The van der Waals surface area contributed by atoms with Crippen molar-refractivity contribution in [2.45, 2.75) is 12.1 Å². The van der Waals surface area contributed by atoms with Crippen LogP contribution < -0.4 is 0 Å². The number of carboxylic acids is 1. The molecule has 0 spiro atoms. The van der Waals surface area contributed by atoms with Gasteiger partial charge in [-0.25, -0.2) is 9.18 Å². The molecule has 1 N–H and O–H groups in total. The van der Waals surface area contributed by atoms with Crippen molar-refractivity contribution in [3.8, 4) is 6.07 Å². The first-order valence-electron chi connectivity index (χ1n) is 5.75. The van der Waals surface area contributed by atoms with Crippen LogP contribution in [0.4, 0.5) is 4.39 Å². The minimum Gasteiger partial charge on any atom is -0.479 e. The molecule has 2 atom stereocenters. The molecule has 2 unspecified atom stereocenters. The van der Waals surface area contributed by atoms with Crippen LogP contribution >= 0.6 is 0 Å². The van der Waals surface area contributed by atoms with E-state index in [0.29, 0.717) is 5.56 Å². The van der Waals surface area contributed by atoms with Crippen molar-refractivity contribution in [1.82, 2.24) is 4.90 Å². The molecular formula is C13H11FN2O4. The van der Waals surface area contributed by atoms with E-state index in [2.05, 4.69) is 0 Å². The molecule has 1 amide bonds. The number of likely N-dealkylation sites (N-methyl/N-ethyl adjacent to an activating group) is 1. The molecule has 6 nitrogen and oxygen atoms in total. The van der Waals surface area contributed by atoms with Crippen LogP contribution in [0.3, 0.4) is 0 Å². The fourth-order valence-electron chi connectivity index (χ4n) is 2.13. The Morgan fingerprint density at radius 3 is 2.90 bits per heavy atom. The van der Waals surface area contributed by atoms with Crippen molar-refractivity contribution < 1.29 is 23.8 Å². The summed E-state index contributed by atoms with van der Waals surface area (Å²) in [6.45, 7) is -0.323. The van der Waals surface area contributed by atoms with E-state index >= 15 is 0 Å². The molecule has 0 radical (unpaired) electrons. The van der Waals surface area contributed by atoms with Crippen molar-refractivity contribution in [2.24, 2.45) is 0 Å². The van der Waals surface area contributed by atoms with E-state index in [4.69, 9.17) is 15.1 Å². The molecule has 0 saturated carbocycles. The van der Waals surface area contributed by atoms with Crippen molar-refractivity contribution in [2.75, 3.05) is 13.7 Å². The molecule has 1 aromatic carbocycles. The molecule has 1 saturated heterocycles. The Balaban J connectivity index is 2.47. The fourth-order valence-corrected chi connectivity index (χ4v) is 2.13. The maximum absolute atomic E-state index is 13.3. The molecule has 2 rings (SSSR count). The van der Waals surface area contributed by atoms with Crippen molar-refractivity contribution in [1.29, 1.82) is 5.26 Å². The minimum absolute atomic E-state index is 0.210. The van der Waals surface area contributed by atoms with Gasteiger partial charge in [0.1, 0.15) is 18.5 Å². The topological polar surface area (TPSA) is 90.6 Å². The number of hydrogen-bond donors (Lipinski definition) is 1. The zero-order valence-corrected chi connectivity index (χ0v) is 10.5. The second-order valence-electron chi connectivity index (χ2n) is 4.37. The third-order valence-corrected chi connectivity index (χ3v) is 3.18. The summed E-state index contributed by atoms with van der Waals surface area (Å²) in [6, 6.07) is 4.42. The first-order valence-corrected chi connectivity index (χ1v) is 5.75. The van der Waals surface area contributed by atoms with Gasteiger partial charge in [-0.1, -0.05) is 6.07 Å². The van der Waals surface area contributed by atoms with E-state index < -0.39 is 23.9 Å². The van der Waals surface area contributed by atoms with Crippen LogP contribution in [0.1, 0.15) is 17.2 Å². The number of halogens is 1. The number of hydrogen-bond acceptors (Lipinski definition) is 4. The van der Waals surface area contributed by atoms with E-state index in [0.717, 1.165) is 6.07 Å². The molecule has 0 aliphatic carbocycles. The van der Waals surface area contributed by atoms with Crippen LogP contribution in [0, 0.1) is 17.1 Å². The first-order chi connectivity index (χ1) is 9.45. The maximum Gasteiger partial charge on any atom is 0.335 e. The van der Waals surface area contributed by atoms with Gasteiger partial charge in [0.15, 0.2) is 6.10 Å². The predicted octanol–water partition coefficient (Wildman–Crippen LogP) is 0.680. The zero-order valence-electron chi connectivity index (χ0n) is 10.5. The van der Waals surface area contributed by atoms with Gasteiger partial charge >= 0.3 is 5.97 Å². The van der Waals surface area contributed by atoms with Gasteiger partial charge < -0.3 is 14.7 Å². The average molecular weight is 278 g/mol. The smallest absolute Gasteiger partial charge is 0.335 e. The van der Waals surface area contributed by atoms with Gasteiger partial charge in [0.05, 0.1) is 11.6 Å². The molecule has 0 aromatic heterocycles. The summed E-state index contributed by atoms with van der Waals surface area (Å²) in [7, 11) is 1.45. The number of rotatable bonds is 2. The molecule has 1 fully saturated rings. The summed E-state index contributed by atoms with van der Waals surface area (Å²) >= 11 is 0. The molecule has 1 aliphatic rings. The Kier molecular flexibility index (Phi) is 3.68. The van der Waals surface area contributed by atoms with Crippen molar-refractivity contribution >= 4 is 11.9 Å². The van der Waals surface area contributed by atoms with E-state index in [9.17, 15) is 14.0 Å². The molecule has 1 heterocycles. The standard InChI is InChI=1S/C13H11FN2O4/c1-16-10(17)6-20-12(13(18)19)11(16)7-2-3-9(14)8(4-7)5-15/h2-4,11-12H,6H2,1H3,(H,18,19). The lowest BCUT2D eigenvalue weighted by Gasteiger charge is -2.37. The van der Waals surface area contributed by atoms with E-state index in [1.165, 1.54) is 24.1 Å². The van der Waals surface area contributed by atoms with Crippen LogP contribution in [0.5, 0.6) is 0 Å². The molecule has 20 heavy (non-hydrogen) atoms. The third kappa shape index (κ3) is 2.33. The van der Waals surface area contributed by atoms with Crippen molar-refractivity contribution in [3.05, 3.63) is 35.1 Å². The number of benzene rings is 1. The fraction of sp³-hybridized carbons (Fsp3) is 0.308. The second-order valence-corrected chi connectivity index (χ2v) is 4.37. The lowest BCUT2D eigenvalue weighted by Crippen LogP contribution is -2.50. The van der Waals surface area contributed by atoms with Crippen LogP contribution in [0.2, 0.25) is 0 Å². The lowest BCUT2D eigenvalue weighted by molar-refractivity contribution is -0.171. The molecule has 7 heteroatoms. The van der Waals surface area contributed by atoms with Gasteiger partial charge in [-0.3, -0.25) is 4.79 Å². The summed E-state index contributed by atoms with van der Waals surface area (Å²) in [5.41, 5.74) is 0.129. The summed E-state index contributed by atoms with van der Waals surface area (Å²) in [5, 5.41) is 18.0. The molecule has 104 valence electrons. The number of ether oxygens (including phenoxy) is 1. The number of aliphatic carboxylic acids is 1. The average Bonchev–Trinajstić information content (AvgIpc) is 2.42. The van der Waals surface area contributed by atoms with Gasteiger partial charge in [-0.05, 0) is 17.7 Å². The Hall–Kier alpha value is -2.46. The van der Waals surface area contributed by atoms with Crippen LogP contribution in [0.15, 0.2) is 18.2 Å². The molecule has 0 bridgehead atoms. The monoisotopic (exact) mass is 278 g/mol. The summed E-state index contributed by atoms with van der Waals surface area (Å²) in [4.78, 5) is 24.1. The van der Waals surface area contributed by atoms with Gasteiger partial charge in [0.2, 0.25) is 5.91 Å². The highest BCUT2D eigenvalue weighted by Crippen LogP contribution is 2.30. The number of amides is 1. The Morgan fingerprint density at radius 1 is 1.60 bits per heavy atom. The quantitative estimate of drug-likeness (QED) is 0.859. The van der Waals surface area contributed by atoms with E-state index in [1.54, 1.807) is 6.07 Å². The number of carbonyl (C=O) groups excluding carboxylic acids is 1. The van der Waals surface area contributed by atoms with E-state index in [1.807, 2.05) is 0 Å². The lowest BCUT2D eigenvalue weighted by atomic mass is 9.96. The summed E-state index contributed by atoms with van der Waals surface area (Å²) in [5.74, 6) is -2.30. The van der Waals surface area contributed by atoms with Gasteiger partial charge in [0.25, 0.3) is 0 Å². The maximum atomic E-state index is 13.3. The summed E-state index contributed by atoms with van der Waals surface area (Å²) in [6.07, 6.45) is -1.25. The van der Waals surface area contributed by atoms with Gasteiger partial charge in [0, 0.05) is 7.05 Å². The van der Waals surface area contributed by atoms with Crippen LogP contribution in [-0.2, 0) is 14.3 Å². The SMILES string of the molecule is CN1C(=O)COC(C(=O)O)C1c1ccc(F)c(C#N)c1. The highest BCUT2D eigenvalue weighted by Gasteiger charge is 2.40. The number of carboxylic acid groups (broad SMARTS) is 1. The minimum atomic E-state index is -1.25. The van der Waals surface area contributed by atoms with Gasteiger partial charge in [-0.2, -0.15) is 5.26 Å². The Labute approximate surface area is 114 Å². The molecular weight excluding hydrogens is 267 g/mol. The number of nitrogens with zero attached hydrogens (tertiary/aromatic N) is 2. The first kappa shape index (κ1) is 14.0. The van der Waals surface area contributed by atoms with E-state index in [-0.39, 0.29) is 18.1 Å². The highest BCUT2D eigenvalue weighted by atomic mass is 19.1. The number of carbonyl (C=O) groups is 2. The number of morpholine rings is 1. The van der Waals surface area contributed by atoms with Crippen LogP contribution in [0.25, 0.3) is 0 Å². The largest absolute Gasteiger partial charge is 0.479 e. The van der Waals surface area contributed by atoms with Crippen LogP contribution in [-0.4, -0.2) is 41.6 Å². The Morgan fingerprint density at radius 2 is 2.30 bits per heavy atom. The molecule has 1 aromatic rings. The summed E-state index contributed by atoms with van der Waals surface area (Å²) < 4.78 is 18.3. The highest BCUT2D eigenvalue weighted by molar-refractivity contribution is 5.82.